The second-order valence-corrected chi connectivity index (χ2v) is 6.70. The van der Waals surface area contributed by atoms with Gasteiger partial charge < -0.3 is 0 Å². The molecule has 2 aromatic carbocycles. The third-order valence-corrected chi connectivity index (χ3v) is 5.11. The molecule has 0 aliphatic heterocycles. The van der Waals surface area contributed by atoms with Crippen LogP contribution in [0, 0.1) is 5.82 Å². The first-order chi connectivity index (χ1) is 9.78. The molecule has 4 rings (SSSR count). The first-order valence-corrected chi connectivity index (χ1v) is 7.81. The normalized spacial score (nSPS) is 11.4. The molecule has 0 aliphatic rings. The fourth-order valence-electron chi connectivity index (χ4n) is 2.15. The summed E-state index contributed by atoms with van der Waals surface area (Å²) in [5.74, 6) is -0.241. The van der Waals surface area contributed by atoms with Crippen LogP contribution in [0.15, 0.2) is 42.5 Å². The van der Waals surface area contributed by atoms with Crippen LogP contribution in [0.3, 0.4) is 0 Å². The minimum Gasteiger partial charge on any atom is -0.241 e. The van der Waals surface area contributed by atoms with E-state index < -0.39 is 0 Å². The molecular formula is C15H9FN2S2. The van der Waals surface area contributed by atoms with Gasteiger partial charge in [-0.15, -0.1) is 22.7 Å². The van der Waals surface area contributed by atoms with E-state index in [0.717, 1.165) is 25.7 Å². The Labute approximate surface area is 122 Å². The van der Waals surface area contributed by atoms with Crippen molar-refractivity contribution < 1.29 is 4.39 Å². The van der Waals surface area contributed by atoms with E-state index in [-0.39, 0.29) is 5.82 Å². The highest BCUT2D eigenvalue weighted by atomic mass is 32.1. The number of para-hydroxylation sites is 1. The smallest absolute Gasteiger partial charge is 0.125 e. The van der Waals surface area contributed by atoms with Crippen molar-refractivity contribution >= 4 is 43.1 Å². The minimum absolute atomic E-state index is 0.241. The lowest BCUT2D eigenvalue weighted by atomic mass is 10.3. The van der Waals surface area contributed by atoms with Crippen molar-refractivity contribution in [1.29, 1.82) is 0 Å². The second-order valence-electron chi connectivity index (χ2n) is 4.47. The largest absolute Gasteiger partial charge is 0.241 e. The SMILES string of the molecule is Fc1ccc2sc(Cc3nc4ccccc4s3)nc2c1. The van der Waals surface area contributed by atoms with Gasteiger partial charge in [-0.05, 0) is 24.3 Å². The monoisotopic (exact) mass is 300 g/mol. The van der Waals surface area contributed by atoms with Crippen molar-refractivity contribution in [2.45, 2.75) is 6.42 Å². The lowest BCUT2D eigenvalue weighted by Gasteiger charge is -1.88. The number of nitrogens with zero attached hydrogens (tertiary/aromatic N) is 2. The molecule has 2 nitrogen and oxygen atoms in total. The number of aromatic nitrogens is 2. The van der Waals surface area contributed by atoms with Crippen LogP contribution in [0.25, 0.3) is 20.4 Å². The van der Waals surface area contributed by atoms with Gasteiger partial charge in [0.25, 0.3) is 0 Å². The van der Waals surface area contributed by atoms with Crippen LogP contribution in [0.5, 0.6) is 0 Å². The first kappa shape index (κ1) is 11.9. The summed E-state index contributed by atoms with van der Waals surface area (Å²) in [6.07, 6.45) is 0.709. The van der Waals surface area contributed by atoms with Crippen LogP contribution in [0.2, 0.25) is 0 Å². The van der Waals surface area contributed by atoms with Gasteiger partial charge in [0.1, 0.15) is 15.8 Å². The summed E-state index contributed by atoms with van der Waals surface area (Å²) < 4.78 is 15.4. The zero-order valence-electron chi connectivity index (χ0n) is 10.3. The molecule has 2 heterocycles. The Kier molecular flexibility index (Phi) is 2.75. The minimum atomic E-state index is -0.241. The zero-order chi connectivity index (χ0) is 13.5. The van der Waals surface area contributed by atoms with Crippen molar-refractivity contribution in [3.8, 4) is 0 Å². The Morgan fingerprint density at radius 1 is 0.850 bits per heavy atom. The van der Waals surface area contributed by atoms with Gasteiger partial charge in [0.15, 0.2) is 0 Å². The van der Waals surface area contributed by atoms with Crippen LogP contribution >= 0.6 is 22.7 Å². The number of rotatable bonds is 2. The maximum atomic E-state index is 13.2. The highest BCUT2D eigenvalue weighted by molar-refractivity contribution is 7.20. The van der Waals surface area contributed by atoms with Crippen molar-refractivity contribution in [3.05, 3.63) is 58.3 Å². The summed E-state index contributed by atoms with van der Waals surface area (Å²) in [4.78, 5) is 9.09. The van der Waals surface area contributed by atoms with Crippen LogP contribution in [-0.4, -0.2) is 9.97 Å². The molecule has 4 aromatic rings. The lowest BCUT2D eigenvalue weighted by molar-refractivity contribution is 0.629. The quantitative estimate of drug-likeness (QED) is 0.539. The molecule has 2 aromatic heterocycles. The summed E-state index contributed by atoms with van der Waals surface area (Å²) in [6, 6.07) is 12.8. The standard InChI is InChI=1S/C15H9FN2S2/c16-9-5-6-13-11(7-9)18-15(20-13)8-14-17-10-3-1-2-4-12(10)19-14/h1-7H,8H2. The number of hydrogen-bond acceptors (Lipinski definition) is 4. The zero-order valence-corrected chi connectivity index (χ0v) is 12.0. The Morgan fingerprint density at radius 2 is 1.55 bits per heavy atom. The second kappa shape index (κ2) is 4.61. The summed E-state index contributed by atoms with van der Waals surface area (Å²) >= 11 is 3.29. The summed E-state index contributed by atoms with van der Waals surface area (Å²) in [5.41, 5.74) is 1.76. The molecule has 0 saturated carbocycles. The van der Waals surface area contributed by atoms with Crippen LogP contribution in [0.1, 0.15) is 10.0 Å². The summed E-state index contributed by atoms with van der Waals surface area (Å²) in [5, 5.41) is 2.02. The molecule has 98 valence electrons. The van der Waals surface area contributed by atoms with E-state index in [1.165, 1.54) is 16.8 Å². The van der Waals surface area contributed by atoms with Gasteiger partial charge in [0.05, 0.1) is 26.9 Å². The average molecular weight is 300 g/mol. The van der Waals surface area contributed by atoms with Gasteiger partial charge in [-0.3, -0.25) is 0 Å². The van der Waals surface area contributed by atoms with E-state index in [1.807, 2.05) is 18.2 Å². The van der Waals surface area contributed by atoms with Gasteiger partial charge in [-0.25, -0.2) is 14.4 Å². The molecule has 20 heavy (non-hydrogen) atoms. The van der Waals surface area contributed by atoms with Gasteiger partial charge in [0.2, 0.25) is 0 Å². The number of halogens is 1. The van der Waals surface area contributed by atoms with E-state index >= 15 is 0 Å². The lowest BCUT2D eigenvalue weighted by Crippen LogP contribution is -1.84. The van der Waals surface area contributed by atoms with Crippen molar-refractivity contribution in [1.82, 2.24) is 9.97 Å². The maximum absolute atomic E-state index is 13.2. The molecule has 0 unspecified atom stereocenters. The Hall–Kier alpha value is -1.85. The van der Waals surface area contributed by atoms with Gasteiger partial charge in [-0.2, -0.15) is 0 Å². The highest BCUT2D eigenvalue weighted by Gasteiger charge is 2.09. The maximum Gasteiger partial charge on any atom is 0.125 e. The predicted octanol–water partition coefficient (Wildman–Crippen LogP) is 4.64. The van der Waals surface area contributed by atoms with Crippen LogP contribution in [-0.2, 0) is 6.42 Å². The third kappa shape index (κ3) is 2.09. The number of hydrogen-bond donors (Lipinski definition) is 0. The Balaban J connectivity index is 1.72. The van der Waals surface area contributed by atoms with Crippen molar-refractivity contribution in [3.63, 3.8) is 0 Å². The fourth-order valence-corrected chi connectivity index (χ4v) is 4.16. The van der Waals surface area contributed by atoms with Crippen molar-refractivity contribution in [2.75, 3.05) is 0 Å². The summed E-state index contributed by atoms with van der Waals surface area (Å²) in [7, 11) is 0. The predicted molar refractivity (Wildman–Crippen MR) is 82.0 cm³/mol. The molecule has 0 saturated heterocycles. The number of benzene rings is 2. The molecule has 0 radical (unpaired) electrons. The van der Waals surface area contributed by atoms with Gasteiger partial charge >= 0.3 is 0 Å². The van der Waals surface area contributed by atoms with E-state index in [1.54, 1.807) is 28.7 Å². The van der Waals surface area contributed by atoms with Gasteiger partial charge in [-0.1, -0.05) is 12.1 Å². The molecule has 0 aliphatic carbocycles. The molecule has 0 amide bonds. The van der Waals surface area contributed by atoms with Crippen LogP contribution in [0.4, 0.5) is 4.39 Å². The molecule has 0 bridgehead atoms. The van der Waals surface area contributed by atoms with Crippen LogP contribution < -0.4 is 0 Å². The number of fused-ring (bicyclic) bond motifs is 2. The van der Waals surface area contributed by atoms with E-state index in [9.17, 15) is 4.39 Å². The topological polar surface area (TPSA) is 25.8 Å². The Morgan fingerprint density at radius 3 is 2.35 bits per heavy atom. The summed E-state index contributed by atoms with van der Waals surface area (Å²) in [6.45, 7) is 0. The molecule has 0 atom stereocenters. The highest BCUT2D eigenvalue weighted by Crippen LogP contribution is 2.28. The average Bonchev–Trinajstić information content (AvgIpc) is 3.00. The fraction of sp³-hybridized carbons (Fsp3) is 0.0667. The molecular weight excluding hydrogens is 291 g/mol. The Bertz CT molecular complexity index is 877. The molecule has 0 N–H and O–H groups in total. The number of thiazole rings is 2. The third-order valence-electron chi connectivity index (χ3n) is 3.03. The van der Waals surface area contributed by atoms with Crippen molar-refractivity contribution in [2.24, 2.45) is 0 Å². The molecule has 0 fully saturated rings. The first-order valence-electron chi connectivity index (χ1n) is 6.17. The molecule has 5 heteroatoms. The van der Waals surface area contributed by atoms with Gasteiger partial charge in [0, 0.05) is 6.07 Å². The van der Waals surface area contributed by atoms with E-state index in [0.29, 0.717) is 6.42 Å². The molecule has 0 spiro atoms. The van der Waals surface area contributed by atoms with E-state index in [2.05, 4.69) is 16.0 Å². The van der Waals surface area contributed by atoms with E-state index in [4.69, 9.17) is 0 Å².